The van der Waals surface area contributed by atoms with E-state index in [2.05, 4.69) is 22.6 Å². The van der Waals surface area contributed by atoms with Gasteiger partial charge in [-0.25, -0.2) is 0 Å². The molecule has 0 saturated carbocycles. The molecule has 92 valence electrons. The average Bonchev–Trinajstić information content (AvgIpc) is 2.23. The molecule has 0 aromatic rings. The van der Waals surface area contributed by atoms with Crippen LogP contribution in [-0.2, 0) is 4.79 Å². The number of carbonyl (C=O) groups excluding carboxylic acids is 1. The topological polar surface area (TPSA) is 44.4 Å². The zero-order valence-electron chi connectivity index (χ0n) is 10.2. The number of carbonyl (C=O) groups is 1. The summed E-state index contributed by atoms with van der Waals surface area (Å²) in [5.41, 5.74) is 0. The normalized spacial score (nSPS) is 24.1. The Morgan fingerprint density at radius 1 is 1.31 bits per heavy atom. The molecule has 4 nitrogen and oxygen atoms in total. The van der Waals surface area contributed by atoms with Crippen molar-refractivity contribution >= 4 is 5.91 Å². The van der Waals surface area contributed by atoms with Crippen LogP contribution < -0.4 is 10.6 Å². The lowest BCUT2D eigenvalue weighted by Gasteiger charge is -2.30. The molecule has 0 bridgehead atoms. The molecule has 0 aliphatic carbocycles. The molecule has 0 radical (unpaired) electrons. The van der Waals surface area contributed by atoms with E-state index in [0.29, 0.717) is 18.3 Å². The molecule has 2 fully saturated rings. The van der Waals surface area contributed by atoms with Crippen molar-refractivity contribution in [2.75, 3.05) is 39.8 Å². The third-order valence-electron chi connectivity index (χ3n) is 3.77. The number of amides is 1. The molecule has 0 atom stereocenters. The molecule has 2 aliphatic rings. The van der Waals surface area contributed by atoms with Crippen molar-refractivity contribution in [3.8, 4) is 0 Å². The van der Waals surface area contributed by atoms with Crippen LogP contribution in [0.5, 0.6) is 0 Å². The van der Waals surface area contributed by atoms with Crippen molar-refractivity contribution in [3.05, 3.63) is 0 Å². The van der Waals surface area contributed by atoms with Gasteiger partial charge in [-0.3, -0.25) is 4.79 Å². The van der Waals surface area contributed by atoms with E-state index >= 15 is 0 Å². The summed E-state index contributed by atoms with van der Waals surface area (Å²) in [6.07, 6.45) is 3.16. The standard InChI is InChI=1S/C12H23N3O/c1-15-4-2-10(3-5-15)9-14-12(16)6-11-7-13-8-11/h10-11,13H,2-9H2,1H3,(H,14,16). The maximum absolute atomic E-state index is 11.6. The number of rotatable bonds is 4. The summed E-state index contributed by atoms with van der Waals surface area (Å²) >= 11 is 0. The molecule has 0 aromatic carbocycles. The second-order valence-electron chi connectivity index (χ2n) is 5.28. The van der Waals surface area contributed by atoms with Crippen molar-refractivity contribution in [3.63, 3.8) is 0 Å². The Bertz CT molecular complexity index is 232. The minimum atomic E-state index is 0.241. The lowest BCUT2D eigenvalue weighted by Crippen LogP contribution is -2.45. The molecule has 2 heterocycles. The van der Waals surface area contributed by atoms with Gasteiger partial charge >= 0.3 is 0 Å². The summed E-state index contributed by atoms with van der Waals surface area (Å²) in [6, 6.07) is 0. The van der Waals surface area contributed by atoms with E-state index in [-0.39, 0.29) is 5.91 Å². The molecule has 0 unspecified atom stereocenters. The largest absolute Gasteiger partial charge is 0.356 e. The minimum absolute atomic E-state index is 0.241. The van der Waals surface area contributed by atoms with Crippen LogP contribution in [-0.4, -0.2) is 50.6 Å². The molecule has 0 aromatic heterocycles. The van der Waals surface area contributed by atoms with Crippen molar-refractivity contribution in [1.29, 1.82) is 0 Å². The summed E-state index contributed by atoms with van der Waals surface area (Å²) in [5.74, 6) is 1.52. The Kier molecular flexibility index (Phi) is 4.18. The Hall–Kier alpha value is -0.610. The van der Waals surface area contributed by atoms with Gasteiger partial charge in [0.05, 0.1) is 0 Å². The fourth-order valence-electron chi connectivity index (χ4n) is 2.35. The Morgan fingerprint density at radius 3 is 2.56 bits per heavy atom. The third kappa shape index (κ3) is 3.46. The van der Waals surface area contributed by atoms with Crippen LogP contribution in [0.15, 0.2) is 0 Å². The Morgan fingerprint density at radius 2 is 2.00 bits per heavy atom. The molecular formula is C12H23N3O. The van der Waals surface area contributed by atoms with Crippen LogP contribution in [0.2, 0.25) is 0 Å². The van der Waals surface area contributed by atoms with E-state index < -0.39 is 0 Å². The highest BCUT2D eigenvalue weighted by Crippen LogP contribution is 2.15. The van der Waals surface area contributed by atoms with Crippen LogP contribution in [0.3, 0.4) is 0 Å². The van der Waals surface area contributed by atoms with E-state index in [4.69, 9.17) is 0 Å². The summed E-state index contributed by atoms with van der Waals surface area (Å²) in [4.78, 5) is 14.0. The predicted molar refractivity (Wildman–Crippen MR) is 64.2 cm³/mol. The second-order valence-corrected chi connectivity index (χ2v) is 5.28. The van der Waals surface area contributed by atoms with Gasteiger partial charge in [0, 0.05) is 13.0 Å². The van der Waals surface area contributed by atoms with Crippen molar-refractivity contribution < 1.29 is 4.79 Å². The van der Waals surface area contributed by atoms with E-state index in [9.17, 15) is 4.79 Å². The van der Waals surface area contributed by atoms with Gasteiger partial charge in [-0.05, 0) is 57.9 Å². The average molecular weight is 225 g/mol. The van der Waals surface area contributed by atoms with E-state index in [1.54, 1.807) is 0 Å². The van der Waals surface area contributed by atoms with Gasteiger partial charge in [0.2, 0.25) is 5.91 Å². The van der Waals surface area contributed by atoms with Gasteiger partial charge in [-0.15, -0.1) is 0 Å². The summed E-state index contributed by atoms with van der Waals surface area (Å²) in [6.45, 7) is 5.26. The zero-order chi connectivity index (χ0) is 11.4. The number of hydrogen-bond acceptors (Lipinski definition) is 3. The smallest absolute Gasteiger partial charge is 0.220 e. The molecule has 2 aliphatic heterocycles. The van der Waals surface area contributed by atoms with E-state index in [0.717, 1.165) is 19.6 Å². The third-order valence-corrected chi connectivity index (χ3v) is 3.77. The number of likely N-dealkylation sites (tertiary alicyclic amines) is 1. The number of piperidine rings is 1. The highest BCUT2D eigenvalue weighted by Gasteiger charge is 2.21. The molecule has 2 N–H and O–H groups in total. The van der Waals surface area contributed by atoms with Crippen molar-refractivity contribution in [2.24, 2.45) is 11.8 Å². The van der Waals surface area contributed by atoms with Crippen LogP contribution in [0.25, 0.3) is 0 Å². The van der Waals surface area contributed by atoms with Gasteiger partial charge in [0.25, 0.3) is 0 Å². The number of hydrogen-bond donors (Lipinski definition) is 2. The van der Waals surface area contributed by atoms with E-state index in [1.807, 2.05) is 0 Å². The molecule has 1 amide bonds. The lowest BCUT2D eigenvalue weighted by atomic mass is 9.96. The van der Waals surface area contributed by atoms with Gasteiger partial charge in [-0.1, -0.05) is 0 Å². The molecule has 0 spiro atoms. The van der Waals surface area contributed by atoms with Crippen LogP contribution in [0, 0.1) is 11.8 Å². The summed E-state index contributed by atoms with van der Waals surface area (Å²) in [5, 5.41) is 6.27. The first-order valence-corrected chi connectivity index (χ1v) is 6.40. The van der Waals surface area contributed by atoms with Crippen molar-refractivity contribution in [2.45, 2.75) is 19.3 Å². The van der Waals surface area contributed by atoms with Crippen molar-refractivity contribution in [1.82, 2.24) is 15.5 Å². The Labute approximate surface area is 97.8 Å². The van der Waals surface area contributed by atoms with Crippen LogP contribution >= 0.6 is 0 Å². The van der Waals surface area contributed by atoms with Crippen LogP contribution in [0.1, 0.15) is 19.3 Å². The fourth-order valence-corrected chi connectivity index (χ4v) is 2.35. The van der Waals surface area contributed by atoms with Gasteiger partial charge in [-0.2, -0.15) is 0 Å². The maximum atomic E-state index is 11.6. The highest BCUT2D eigenvalue weighted by atomic mass is 16.1. The van der Waals surface area contributed by atoms with Gasteiger partial charge in [0.1, 0.15) is 0 Å². The first kappa shape index (κ1) is 11.9. The van der Waals surface area contributed by atoms with Gasteiger partial charge < -0.3 is 15.5 Å². The number of nitrogens with zero attached hydrogens (tertiary/aromatic N) is 1. The fraction of sp³-hybridized carbons (Fsp3) is 0.917. The highest BCUT2D eigenvalue weighted by molar-refractivity contribution is 5.76. The quantitative estimate of drug-likeness (QED) is 0.711. The lowest BCUT2D eigenvalue weighted by molar-refractivity contribution is -0.122. The number of nitrogens with one attached hydrogen (secondary N) is 2. The first-order valence-electron chi connectivity index (χ1n) is 6.40. The monoisotopic (exact) mass is 225 g/mol. The van der Waals surface area contributed by atoms with Crippen LogP contribution in [0.4, 0.5) is 0 Å². The molecule has 16 heavy (non-hydrogen) atoms. The summed E-state index contributed by atoms with van der Waals surface area (Å²) in [7, 11) is 2.17. The van der Waals surface area contributed by atoms with Gasteiger partial charge in [0.15, 0.2) is 0 Å². The minimum Gasteiger partial charge on any atom is -0.356 e. The molecular weight excluding hydrogens is 202 g/mol. The molecule has 2 rings (SSSR count). The van der Waals surface area contributed by atoms with E-state index in [1.165, 1.54) is 25.9 Å². The summed E-state index contributed by atoms with van der Waals surface area (Å²) < 4.78 is 0. The Balaban J connectivity index is 1.57. The second kappa shape index (κ2) is 5.64. The SMILES string of the molecule is CN1CCC(CNC(=O)CC2CNC2)CC1. The first-order chi connectivity index (χ1) is 7.74. The predicted octanol–water partition coefficient (Wildman–Crippen LogP) is 0.0539. The maximum Gasteiger partial charge on any atom is 0.220 e. The zero-order valence-corrected chi connectivity index (χ0v) is 10.2. The molecule has 2 saturated heterocycles. The molecule has 4 heteroatoms.